The number of rotatable bonds is 2. The molecule has 0 unspecified atom stereocenters. The number of aryl methyl sites for hydroxylation is 1. The van der Waals surface area contributed by atoms with E-state index >= 15 is 0 Å². The summed E-state index contributed by atoms with van der Waals surface area (Å²) >= 11 is 0. The normalized spacial score (nSPS) is 11.0. The standard InChI is InChI=1S/C19H14FN3/c1-23-16-7-4-10-22-18(16)17(14-5-2-3-6-15(14)20)19(23)13-8-11-21-12-9-13/h2-12H,1H3. The molecule has 3 aromatic heterocycles. The minimum absolute atomic E-state index is 0.249. The summed E-state index contributed by atoms with van der Waals surface area (Å²) in [5.41, 5.74) is 5.06. The van der Waals surface area contributed by atoms with Gasteiger partial charge in [0.15, 0.2) is 0 Å². The molecule has 0 aliphatic rings. The zero-order chi connectivity index (χ0) is 15.8. The number of pyridine rings is 2. The van der Waals surface area contributed by atoms with E-state index in [0.717, 1.165) is 27.9 Å². The molecular weight excluding hydrogens is 289 g/mol. The summed E-state index contributed by atoms with van der Waals surface area (Å²) in [7, 11) is 1.98. The minimum Gasteiger partial charge on any atom is -0.342 e. The number of hydrogen-bond acceptors (Lipinski definition) is 2. The maximum Gasteiger partial charge on any atom is 0.131 e. The van der Waals surface area contributed by atoms with Crippen molar-refractivity contribution in [3.05, 3.63) is 72.9 Å². The van der Waals surface area contributed by atoms with Crippen LogP contribution in [0, 0.1) is 5.82 Å². The zero-order valence-electron chi connectivity index (χ0n) is 12.6. The molecule has 0 amide bonds. The van der Waals surface area contributed by atoms with Crippen LogP contribution in [0.3, 0.4) is 0 Å². The van der Waals surface area contributed by atoms with Crippen molar-refractivity contribution in [3.63, 3.8) is 0 Å². The van der Waals surface area contributed by atoms with Crippen LogP contribution in [0.1, 0.15) is 0 Å². The summed E-state index contributed by atoms with van der Waals surface area (Å²) in [5.74, 6) is -0.249. The molecule has 0 atom stereocenters. The van der Waals surface area contributed by atoms with Gasteiger partial charge in [0.1, 0.15) is 5.82 Å². The van der Waals surface area contributed by atoms with Crippen LogP contribution in [0.4, 0.5) is 4.39 Å². The Labute approximate surface area is 133 Å². The third kappa shape index (κ3) is 2.11. The number of hydrogen-bond donors (Lipinski definition) is 0. The first-order valence-corrected chi connectivity index (χ1v) is 7.36. The topological polar surface area (TPSA) is 30.7 Å². The average Bonchev–Trinajstić information content (AvgIpc) is 2.89. The van der Waals surface area contributed by atoms with Crippen LogP contribution in [0.15, 0.2) is 67.1 Å². The predicted molar refractivity (Wildman–Crippen MR) is 89.3 cm³/mol. The van der Waals surface area contributed by atoms with E-state index in [1.165, 1.54) is 6.07 Å². The lowest BCUT2D eigenvalue weighted by atomic mass is 10.0. The number of benzene rings is 1. The Balaban J connectivity index is 2.16. The van der Waals surface area contributed by atoms with Crippen LogP contribution in [0.5, 0.6) is 0 Å². The predicted octanol–water partition coefficient (Wildman–Crippen LogP) is 4.44. The van der Waals surface area contributed by atoms with Crippen LogP contribution in [0.2, 0.25) is 0 Å². The monoisotopic (exact) mass is 303 g/mol. The molecule has 4 rings (SSSR count). The molecule has 0 N–H and O–H groups in total. The quantitative estimate of drug-likeness (QED) is 0.548. The van der Waals surface area contributed by atoms with Gasteiger partial charge in [0, 0.05) is 42.3 Å². The second-order valence-corrected chi connectivity index (χ2v) is 5.37. The molecule has 0 aliphatic heterocycles. The highest BCUT2D eigenvalue weighted by molar-refractivity contribution is 6.02. The third-order valence-corrected chi connectivity index (χ3v) is 4.05. The second kappa shape index (κ2) is 5.32. The number of nitrogens with zero attached hydrogens (tertiary/aromatic N) is 3. The molecule has 0 aliphatic carbocycles. The fourth-order valence-corrected chi connectivity index (χ4v) is 3.03. The van der Waals surface area contributed by atoms with Crippen molar-refractivity contribution in [1.82, 2.24) is 14.5 Å². The van der Waals surface area contributed by atoms with Crippen molar-refractivity contribution in [1.29, 1.82) is 0 Å². The summed E-state index contributed by atoms with van der Waals surface area (Å²) in [6, 6.07) is 14.6. The van der Waals surface area contributed by atoms with Crippen LogP contribution in [0.25, 0.3) is 33.4 Å². The second-order valence-electron chi connectivity index (χ2n) is 5.37. The first-order valence-electron chi connectivity index (χ1n) is 7.36. The molecular formula is C19H14FN3. The summed E-state index contributed by atoms with van der Waals surface area (Å²) in [6.45, 7) is 0. The van der Waals surface area contributed by atoms with E-state index in [2.05, 4.69) is 14.5 Å². The van der Waals surface area contributed by atoms with Crippen molar-refractivity contribution in [3.8, 4) is 22.4 Å². The highest BCUT2D eigenvalue weighted by Gasteiger charge is 2.20. The van der Waals surface area contributed by atoms with Crippen molar-refractivity contribution in [2.75, 3.05) is 0 Å². The molecule has 23 heavy (non-hydrogen) atoms. The van der Waals surface area contributed by atoms with Gasteiger partial charge in [-0.3, -0.25) is 9.97 Å². The molecule has 3 heterocycles. The van der Waals surface area contributed by atoms with Crippen LogP contribution < -0.4 is 0 Å². The van der Waals surface area contributed by atoms with Gasteiger partial charge in [0.25, 0.3) is 0 Å². The summed E-state index contributed by atoms with van der Waals surface area (Å²) in [5, 5.41) is 0. The Bertz CT molecular complexity index is 990. The molecule has 0 saturated carbocycles. The Morgan fingerprint density at radius 1 is 0.913 bits per heavy atom. The molecule has 112 valence electrons. The van der Waals surface area contributed by atoms with E-state index < -0.39 is 0 Å². The Hall–Kier alpha value is -3.01. The van der Waals surface area contributed by atoms with Gasteiger partial charge < -0.3 is 4.57 Å². The van der Waals surface area contributed by atoms with E-state index in [1.54, 1.807) is 30.7 Å². The molecule has 4 heteroatoms. The fraction of sp³-hybridized carbons (Fsp3) is 0.0526. The van der Waals surface area contributed by atoms with Gasteiger partial charge in [-0.05, 0) is 30.3 Å². The third-order valence-electron chi connectivity index (χ3n) is 4.05. The van der Waals surface area contributed by atoms with E-state index in [1.807, 2.05) is 37.4 Å². The molecule has 0 bridgehead atoms. The lowest BCUT2D eigenvalue weighted by molar-refractivity contribution is 0.631. The Morgan fingerprint density at radius 2 is 1.70 bits per heavy atom. The van der Waals surface area contributed by atoms with Crippen molar-refractivity contribution < 1.29 is 4.39 Å². The average molecular weight is 303 g/mol. The highest BCUT2D eigenvalue weighted by Crippen LogP contribution is 2.39. The van der Waals surface area contributed by atoms with Crippen LogP contribution in [-0.2, 0) is 7.05 Å². The van der Waals surface area contributed by atoms with Crippen molar-refractivity contribution in [2.24, 2.45) is 7.05 Å². The zero-order valence-corrected chi connectivity index (χ0v) is 12.6. The Kier molecular flexibility index (Phi) is 3.15. The SMILES string of the molecule is Cn1c(-c2ccncc2)c(-c2ccccc2F)c2ncccc21. The van der Waals surface area contributed by atoms with Gasteiger partial charge >= 0.3 is 0 Å². The highest BCUT2D eigenvalue weighted by atomic mass is 19.1. The molecule has 0 spiro atoms. The first kappa shape index (κ1) is 13.6. The number of halogens is 1. The summed E-state index contributed by atoms with van der Waals surface area (Å²) in [4.78, 5) is 8.58. The fourth-order valence-electron chi connectivity index (χ4n) is 3.03. The number of aromatic nitrogens is 3. The van der Waals surface area contributed by atoms with Crippen LogP contribution in [-0.4, -0.2) is 14.5 Å². The van der Waals surface area contributed by atoms with Gasteiger partial charge in [0.2, 0.25) is 0 Å². The molecule has 0 fully saturated rings. The molecule has 0 radical (unpaired) electrons. The molecule has 3 nitrogen and oxygen atoms in total. The van der Waals surface area contributed by atoms with E-state index in [9.17, 15) is 4.39 Å². The van der Waals surface area contributed by atoms with Crippen molar-refractivity contribution >= 4 is 11.0 Å². The maximum absolute atomic E-state index is 14.5. The summed E-state index contributed by atoms with van der Waals surface area (Å²) in [6.07, 6.45) is 5.22. The van der Waals surface area contributed by atoms with Crippen LogP contribution >= 0.6 is 0 Å². The van der Waals surface area contributed by atoms with Gasteiger partial charge in [-0.25, -0.2) is 4.39 Å². The molecule has 1 aromatic carbocycles. The lowest BCUT2D eigenvalue weighted by Gasteiger charge is -2.09. The lowest BCUT2D eigenvalue weighted by Crippen LogP contribution is -1.93. The van der Waals surface area contributed by atoms with Gasteiger partial charge in [-0.2, -0.15) is 0 Å². The maximum atomic E-state index is 14.5. The van der Waals surface area contributed by atoms with E-state index in [0.29, 0.717) is 5.56 Å². The van der Waals surface area contributed by atoms with Crippen molar-refractivity contribution in [2.45, 2.75) is 0 Å². The van der Waals surface area contributed by atoms with Gasteiger partial charge in [-0.1, -0.05) is 18.2 Å². The molecule has 4 aromatic rings. The smallest absolute Gasteiger partial charge is 0.131 e. The van der Waals surface area contributed by atoms with Gasteiger partial charge in [-0.15, -0.1) is 0 Å². The molecule has 0 saturated heterocycles. The minimum atomic E-state index is -0.249. The number of fused-ring (bicyclic) bond motifs is 1. The van der Waals surface area contributed by atoms with E-state index in [-0.39, 0.29) is 5.82 Å². The first-order chi connectivity index (χ1) is 11.3. The largest absolute Gasteiger partial charge is 0.342 e. The summed E-state index contributed by atoms with van der Waals surface area (Å²) < 4.78 is 16.5. The van der Waals surface area contributed by atoms with E-state index in [4.69, 9.17) is 0 Å². The van der Waals surface area contributed by atoms with Gasteiger partial charge in [0.05, 0.1) is 16.7 Å². The Morgan fingerprint density at radius 3 is 2.48 bits per heavy atom.